The molecule has 3 aromatic rings. The van der Waals surface area contributed by atoms with Crippen LogP contribution in [-0.2, 0) is 0 Å². The van der Waals surface area contributed by atoms with E-state index in [1.165, 1.54) is 0 Å². The summed E-state index contributed by atoms with van der Waals surface area (Å²) in [7, 11) is 1.60. The average molecular weight is 405 g/mol. The molecule has 1 saturated heterocycles. The molecule has 1 aliphatic heterocycles. The largest absolute Gasteiger partial charge is 0.497 e. The highest BCUT2D eigenvalue weighted by atomic mass is 16.5. The molecule has 30 heavy (non-hydrogen) atoms. The molecule has 0 atom stereocenters. The number of nitrogen functional groups attached to an aromatic ring is 1. The van der Waals surface area contributed by atoms with Crippen molar-refractivity contribution in [2.75, 3.05) is 49.2 Å². The smallest absolute Gasteiger partial charge is 0.278 e. The molecule has 154 valence electrons. The van der Waals surface area contributed by atoms with Crippen LogP contribution in [0.1, 0.15) is 10.5 Å². The van der Waals surface area contributed by atoms with Gasteiger partial charge in [-0.05, 0) is 30.3 Å². The molecule has 4 rings (SSSR count). The van der Waals surface area contributed by atoms with Gasteiger partial charge in [-0.2, -0.15) is 0 Å². The summed E-state index contributed by atoms with van der Waals surface area (Å²) in [6.45, 7) is 3.47. The Bertz CT molecular complexity index is 1030. The highest BCUT2D eigenvalue weighted by Gasteiger charge is 2.19. The molecule has 1 aromatic carbocycles. The van der Waals surface area contributed by atoms with Crippen molar-refractivity contribution >= 4 is 23.1 Å². The number of aromatic nitrogens is 3. The monoisotopic (exact) mass is 405 g/mol. The van der Waals surface area contributed by atoms with Crippen LogP contribution < -0.4 is 26.0 Å². The number of pyridine rings is 1. The molecule has 0 unspecified atom stereocenters. The molecule has 0 saturated carbocycles. The maximum atomic E-state index is 13.0. The fourth-order valence-corrected chi connectivity index (χ4v) is 3.31. The van der Waals surface area contributed by atoms with Crippen LogP contribution in [0.25, 0.3) is 11.3 Å². The number of hydrogen-bond donors (Lipinski definition) is 3. The van der Waals surface area contributed by atoms with E-state index in [9.17, 15) is 4.79 Å². The molecule has 9 heteroatoms. The predicted octanol–water partition coefficient (Wildman–Crippen LogP) is 1.79. The number of amides is 1. The van der Waals surface area contributed by atoms with Crippen LogP contribution in [0, 0.1) is 0 Å². The Kier molecular flexibility index (Phi) is 5.71. The number of benzene rings is 1. The number of anilines is 3. The minimum Gasteiger partial charge on any atom is -0.497 e. The summed E-state index contributed by atoms with van der Waals surface area (Å²) < 4.78 is 5.18. The van der Waals surface area contributed by atoms with Crippen LogP contribution in [-0.4, -0.2) is 54.1 Å². The number of ether oxygens (including phenoxy) is 1. The first kappa shape index (κ1) is 19.6. The molecule has 0 bridgehead atoms. The van der Waals surface area contributed by atoms with Gasteiger partial charge >= 0.3 is 0 Å². The quantitative estimate of drug-likeness (QED) is 0.588. The number of nitrogens with two attached hydrogens (primary N) is 1. The molecule has 1 aliphatic rings. The van der Waals surface area contributed by atoms with Crippen molar-refractivity contribution in [3.8, 4) is 17.0 Å². The van der Waals surface area contributed by atoms with Gasteiger partial charge in [0.25, 0.3) is 5.91 Å². The minimum absolute atomic E-state index is 0.0670. The van der Waals surface area contributed by atoms with E-state index in [0.717, 1.165) is 43.2 Å². The third-order valence-electron chi connectivity index (χ3n) is 4.91. The van der Waals surface area contributed by atoms with Gasteiger partial charge in [-0.25, -0.2) is 9.97 Å². The Morgan fingerprint density at radius 1 is 1.17 bits per heavy atom. The first-order valence-electron chi connectivity index (χ1n) is 9.63. The summed E-state index contributed by atoms with van der Waals surface area (Å²) in [5, 5.41) is 6.22. The molecule has 2 aromatic heterocycles. The Morgan fingerprint density at radius 3 is 2.67 bits per heavy atom. The van der Waals surface area contributed by atoms with Gasteiger partial charge in [0.1, 0.15) is 5.75 Å². The fraction of sp³-hybridized carbons (Fsp3) is 0.238. The second kappa shape index (κ2) is 8.75. The lowest BCUT2D eigenvalue weighted by molar-refractivity contribution is 0.102. The van der Waals surface area contributed by atoms with E-state index in [0.29, 0.717) is 11.4 Å². The predicted molar refractivity (Wildman–Crippen MR) is 116 cm³/mol. The Balaban J connectivity index is 1.59. The van der Waals surface area contributed by atoms with E-state index in [1.807, 2.05) is 30.3 Å². The van der Waals surface area contributed by atoms with Gasteiger partial charge in [-0.1, -0.05) is 0 Å². The topological polar surface area (TPSA) is 118 Å². The van der Waals surface area contributed by atoms with Crippen LogP contribution in [0.2, 0.25) is 0 Å². The average Bonchev–Trinajstić information content (AvgIpc) is 2.80. The summed E-state index contributed by atoms with van der Waals surface area (Å²) >= 11 is 0. The standard InChI is InChI=1S/C21H23N7O2/c1-30-15-4-2-14(3-5-15)16-13-25-20(22)19(26-16)21(29)27-17-12-24-7-6-18(17)28-10-8-23-9-11-28/h2-7,12-13,23H,8-11H2,1H3,(H2,22,25)(H,27,29). The maximum Gasteiger partial charge on any atom is 0.278 e. The SMILES string of the molecule is COc1ccc(-c2cnc(N)c(C(=O)Nc3cnccc3N3CCNCC3)n2)cc1. The molecule has 0 radical (unpaired) electrons. The Labute approximate surface area is 174 Å². The summed E-state index contributed by atoms with van der Waals surface area (Å²) in [5.74, 6) is 0.370. The molecule has 0 aliphatic carbocycles. The Morgan fingerprint density at radius 2 is 1.93 bits per heavy atom. The van der Waals surface area contributed by atoms with Crippen molar-refractivity contribution < 1.29 is 9.53 Å². The first-order chi connectivity index (χ1) is 14.7. The van der Waals surface area contributed by atoms with Crippen LogP contribution in [0.3, 0.4) is 0 Å². The van der Waals surface area contributed by atoms with E-state index in [-0.39, 0.29) is 11.5 Å². The molecule has 1 amide bonds. The van der Waals surface area contributed by atoms with E-state index >= 15 is 0 Å². The highest BCUT2D eigenvalue weighted by molar-refractivity contribution is 6.07. The lowest BCUT2D eigenvalue weighted by Gasteiger charge is -2.30. The lowest BCUT2D eigenvalue weighted by Crippen LogP contribution is -2.43. The summed E-state index contributed by atoms with van der Waals surface area (Å²) in [6.07, 6.45) is 4.89. The molecule has 3 heterocycles. The molecule has 1 fully saturated rings. The zero-order valence-electron chi connectivity index (χ0n) is 16.6. The molecular weight excluding hydrogens is 382 g/mol. The van der Waals surface area contributed by atoms with Crippen LogP contribution in [0.15, 0.2) is 48.9 Å². The van der Waals surface area contributed by atoms with Gasteiger partial charge in [0.15, 0.2) is 11.5 Å². The van der Waals surface area contributed by atoms with Crippen molar-refractivity contribution in [2.24, 2.45) is 0 Å². The number of nitrogens with zero attached hydrogens (tertiary/aromatic N) is 4. The molecule has 4 N–H and O–H groups in total. The van der Waals surface area contributed by atoms with Gasteiger partial charge in [-0.3, -0.25) is 9.78 Å². The second-order valence-electron chi connectivity index (χ2n) is 6.80. The minimum atomic E-state index is -0.431. The zero-order chi connectivity index (χ0) is 20.9. The van der Waals surface area contributed by atoms with E-state index in [4.69, 9.17) is 10.5 Å². The number of nitrogens with one attached hydrogen (secondary N) is 2. The molecular formula is C21H23N7O2. The van der Waals surface area contributed by atoms with Crippen molar-refractivity contribution in [3.05, 3.63) is 54.6 Å². The van der Waals surface area contributed by atoms with Gasteiger partial charge < -0.3 is 26.0 Å². The summed E-state index contributed by atoms with van der Waals surface area (Å²) in [5.41, 5.74) is 8.91. The molecule has 9 nitrogen and oxygen atoms in total. The number of carbonyl (C=O) groups excluding carboxylic acids is 1. The van der Waals surface area contributed by atoms with Crippen molar-refractivity contribution in [3.63, 3.8) is 0 Å². The van der Waals surface area contributed by atoms with Gasteiger partial charge in [0.05, 0.1) is 36.6 Å². The van der Waals surface area contributed by atoms with Crippen LogP contribution >= 0.6 is 0 Å². The Hall–Kier alpha value is -3.72. The van der Waals surface area contributed by atoms with Gasteiger partial charge in [-0.15, -0.1) is 0 Å². The normalized spacial score (nSPS) is 13.7. The number of hydrogen-bond acceptors (Lipinski definition) is 8. The summed E-state index contributed by atoms with van der Waals surface area (Å²) in [4.78, 5) is 28.0. The third kappa shape index (κ3) is 4.15. The van der Waals surface area contributed by atoms with Crippen LogP contribution in [0.4, 0.5) is 17.2 Å². The number of rotatable bonds is 5. The lowest BCUT2D eigenvalue weighted by atomic mass is 10.1. The fourth-order valence-electron chi connectivity index (χ4n) is 3.31. The van der Waals surface area contributed by atoms with E-state index in [1.54, 1.807) is 25.7 Å². The first-order valence-corrected chi connectivity index (χ1v) is 9.63. The molecule has 0 spiro atoms. The van der Waals surface area contributed by atoms with Gasteiger partial charge in [0, 0.05) is 37.9 Å². The summed E-state index contributed by atoms with van der Waals surface area (Å²) in [6, 6.07) is 9.24. The number of piperazine rings is 1. The zero-order valence-corrected chi connectivity index (χ0v) is 16.6. The van der Waals surface area contributed by atoms with E-state index in [2.05, 4.69) is 30.5 Å². The van der Waals surface area contributed by atoms with Crippen molar-refractivity contribution in [2.45, 2.75) is 0 Å². The third-order valence-corrected chi connectivity index (χ3v) is 4.91. The maximum absolute atomic E-state index is 13.0. The number of methoxy groups -OCH3 is 1. The van der Waals surface area contributed by atoms with Crippen molar-refractivity contribution in [1.82, 2.24) is 20.3 Å². The second-order valence-corrected chi connectivity index (χ2v) is 6.80. The van der Waals surface area contributed by atoms with E-state index < -0.39 is 5.91 Å². The number of carbonyl (C=O) groups is 1. The van der Waals surface area contributed by atoms with Gasteiger partial charge in [0.2, 0.25) is 0 Å². The van der Waals surface area contributed by atoms with Crippen molar-refractivity contribution in [1.29, 1.82) is 0 Å². The van der Waals surface area contributed by atoms with Crippen LogP contribution in [0.5, 0.6) is 5.75 Å². The highest BCUT2D eigenvalue weighted by Crippen LogP contribution is 2.26.